The topological polar surface area (TPSA) is 0 Å². The van der Waals surface area contributed by atoms with E-state index in [0.717, 1.165) is 0 Å². The van der Waals surface area contributed by atoms with Crippen LogP contribution in [-0.2, 0) is 12.8 Å². The van der Waals surface area contributed by atoms with Gasteiger partial charge in [0.1, 0.15) is 0 Å². The Bertz CT molecular complexity index is 599. The van der Waals surface area contributed by atoms with Crippen LogP contribution in [-0.4, -0.2) is 0 Å². The van der Waals surface area contributed by atoms with Crippen LogP contribution < -0.4 is 0 Å². The number of unbranched alkanes of at least 4 members (excludes halogenated alkanes) is 6. The van der Waals surface area contributed by atoms with Crippen LogP contribution >= 0.6 is 22.7 Å². The summed E-state index contributed by atoms with van der Waals surface area (Å²) in [6, 6.07) is 0. The van der Waals surface area contributed by atoms with Gasteiger partial charge in [0.2, 0.25) is 0 Å². The maximum absolute atomic E-state index is 2.38. The molecule has 0 N–H and O–H groups in total. The van der Waals surface area contributed by atoms with Crippen molar-refractivity contribution in [2.45, 2.75) is 118 Å². The molecule has 26 heavy (non-hydrogen) atoms. The van der Waals surface area contributed by atoms with Crippen LogP contribution in [0.3, 0.4) is 0 Å². The summed E-state index contributed by atoms with van der Waals surface area (Å²) in [6.07, 6.45) is 13.5. The van der Waals surface area contributed by atoms with E-state index in [9.17, 15) is 0 Å². The summed E-state index contributed by atoms with van der Waals surface area (Å²) in [7, 11) is 0. The van der Waals surface area contributed by atoms with Crippen LogP contribution in [0.1, 0.15) is 126 Å². The highest BCUT2D eigenvalue weighted by Gasteiger charge is 2.22. The van der Waals surface area contributed by atoms with Gasteiger partial charge in [-0.15, -0.1) is 22.7 Å². The Morgan fingerprint density at radius 1 is 0.577 bits per heavy atom. The maximum Gasteiger partial charge on any atom is 0.0491 e. The Morgan fingerprint density at radius 3 is 1.27 bits per heavy atom. The third kappa shape index (κ3) is 5.35. The second kappa shape index (κ2) is 10.9. The van der Waals surface area contributed by atoms with E-state index in [1.807, 2.05) is 0 Å². The van der Waals surface area contributed by atoms with Crippen molar-refractivity contribution in [3.63, 3.8) is 0 Å². The molecule has 0 fully saturated rings. The molecule has 2 aromatic heterocycles. The van der Waals surface area contributed by atoms with Crippen molar-refractivity contribution in [1.82, 2.24) is 0 Å². The SMILES string of the molecule is CCCCCCc1c(C(C)C)sc2c(CCCCCC)c(C(C)C)sc12. The van der Waals surface area contributed by atoms with Crippen molar-refractivity contribution >= 4 is 32.1 Å². The third-order valence-electron chi connectivity index (χ3n) is 5.38. The molecule has 0 amide bonds. The molecule has 2 aromatic rings. The van der Waals surface area contributed by atoms with E-state index in [1.54, 1.807) is 30.3 Å². The lowest BCUT2D eigenvalue weighted by Crippen LogP contribution is -1.93. The van der Waals surface area contributed by atoms with Gasteiger partial charge in [-0.3, -0.25) is 0 Å². The number of thiophene rings is 2. The molecular formula is C24H40S2. The Hall–Kier alpha value is -0.340. The van der Waals surface area contributed by atoms with Crippen LogP contribution in [0.4, 0.5) is 0 Å². The van der Waals surface area contributed by atoms with Crippen LogP contribution in [0, 0.1) is 0 Å². The smallest absolute Gasteiger partial charge is 0.0491 e. The van der Waals surface area contributed by atoms with E-state index in [2.05, 4.69) is 64.2 Å². The number of fused-ring (bicyclic) bond motifs is 1. The van der Waals surface area contributed by atoms with E-state index < -0.39 is 0 Å². The van der Waals surface area contributed by atoms with Crippen molar-refractivity contribution in [2.24, 2.45) is 0 Å². The van der Waals surface area contributed by atoms with Crippen LogP contribution in [0.2, 0.25) is 0 Å². The summed E-state index contributed by atoms with van der Waals surface area (Å²) in [6.45, 7) is 14.2. The Labute approximate surface area is 170 Å². The first-order valence-electron chi connectivity index (χ1n) is 11.1. The highest BCUT2D eigenvalue weighted by Crippen LogP contribution is 2.46. The minimum absolute atomic E-state index is 0.663. The predicted octanol–water partition coefficient (Wildman–Crippen LogP) is 9.46. The second-order valence-corrected chi connectivity index (χ2v) is 10.6. The standard InChI is InChI=1S/C24H40S2/c1-7-9-11-13-15-19-21(17(3)4)25-24-20(16-14-12-10-8-2)22(18(5)6)26-23(19)24/h17-18H,7-16H2,1-6H3. The van der Waals surface area contributed by atoms with Crippen molar-refractivity contribution in [3.05, 3.63) is 20.9 Å². The number of rotatable bonds is 12. The number of hydrogen-bond acceptors (Lipinski definition) is 2. The summed E-state index contributed by atoms with van der Waals surface area (Å²) < 4.78 is 3.31. The highest BCUT2D eigenvalue weighted by atomic mass is 32.1. The van der Waals surface area contributed by atoms with Crippen molar-refractivity contribution in [2.75, 3.05) is 0 Å². The van der Waals surface area contributed by atoms with Gasteiger partial charge < -0.3 is 0 Å². The first-order valence-corrected chi connectivity index (χ1v) is 12.7. The lowest BCUT2D eigenvalue weighted by atomic mass is 9.99. The first kappa shape index (κ1) is 22.0. The molecule has 2 heteroatoms. The molecule has 2 heterocycles. The van der Waals surface area contributed by atoms with Crippen molar-refractivity contribution < 1.29 is 0 Å². The van der Waals surface area contributed by atoms with E-state index >= 15 is 0 Å². The lowest BCUT2D eigenvalue weighted by Gasteiger charge is -2.09. The average Bonchev–Trinajstić information content (AvgIpc) is 3.12. The zero-order valence-electron chi connectivity index (χ0n) is 18.0. The van der Waals surface area contributed by atoms with Crippen molar-refractivity contribution in [3.8, 4) is 0 Å². The minimum Gasteiger partial charge on any atom is -0.139 e. The Kier molecular flexibility index (Phi) is 9.17. The van der Waals surface area contributed by atoms with Crippen LogP contribution in [0.25, 0.3) is 9.40 Å². The molecule has 148 valence electrons. The molecule has 2 rings (SSSR count). The molecule has 0 aliphatic rings. The molecule has 0 unspecified atom stereocenters. The van der Waals surface area contributed by atoms with Crippen LogP contribution in [0.15, 0.2) is 0 Å². The van der Waals surface area contributed by atoms with Gasteiger partial charge in [-0.25, -0.2) is 0 Å². The van der Waals surface area contributed by atoms with Gasteiger partial charge in [-0.05, 0) is 48.6 Å². The second-order valence-electron chi connectivity index (χ2n) is 8.48. The van der Waals surface area contributed by atoms with Crippen molar-refractivity contribution in [1.29, 1.82) is 0 Å². The number of aryl methyl sites for hydroxylation is 2. The minimum atomic E-state index is 0.663. The quantitative estimate of drug-likeness (QED) is 0.315. The molecule has 0 aliphatic carbocycles. The fourth-order valence-electron chi connectivity index (χ4n) is 3.92. The molecule has 0 aliphatic heterocycles. The summed E-state index contributed by atoms with van der Waals surface area (Å²) in [5, 5.41) is 0. The van der Waals surface area contributed by atoms with Gasteiger partial charge in [-0.1, -0.05) is 80.1 Å². The van der Waals surface area contributed by atoms with E-state index in [1.165, 1.54) is 64.2 Å². The molecule has 0 saturated carbocycles. The average molecular weight is 393 g/mol. The molecule has 0 radical (unpaired) electrons. The van der Waals surface area contributed by atoms with Gasteiger partial charge in [0.25, 0.3) is 0 Å². The lowest BCUT2D eigenvalue weighted by molar-refractivity contribution is 0.665. The fourth-order valence-corrected chi connectivity index (χ4v) is 6.97. The van der Waals surface area contributed by atoms with Gasteiger partial charge in [-0.2, -0.15) is 0 Å². The molecule has 0 atom stereocenters. The summed E-state index contributed by atoms with van der Waals surface area (Å²) in [5.74, 6) is 1.33. The Morgan fingerprint density at radius 2 is 0.962 bits per heavy atom. The van der Waals surface area contributed by atoms with E-state index in [4.69, 9.17) is 0 Å². The fraction of sp³-hybridized carbons (Fsp3) is 0.750. The summed E-state index contributed by atoms with van der Waals surface area (Å²) in [5.41, 5.74) is 3.42. The maximum atomic E-state index is 2.38. The molecule has 0 bridgehead atoms. The van der Waals surface area contributed by atoms with E-state index in [-0.39, 0.29) is 0 Å². The van der Waals surface area contributed by atoms with Gasteiger partial charge in [0.15, 0.2) is 0 Å². The number of hydrogen-bond donors (Lipinski definition) is 0. The molecule has 0 nitrogen and oxygen atoms in total. The van der Waals surface area contributed by atoms with E-state index in [0.29, 0.717) is 11.8 Å². The zero-order chi connectivity index (χ0) is 19.1. The van der Waals surface area contributed by atoms with Crippen LogP contribution in [0.5, 0.6) is 0 Å². The first-order chi connectivity index (χ1) is 12.5. The molecule has 0 spiro atoms. The highest BCUT2D eigenvalue weighted by molar-refractivity contribution is 7.28. The largest absolute Gasteiger partial charge is 0.139 e. The van der Waals surface area contributed by atoms with Gasteiger partial charge in [0, 0.05) is 19.2 Å². The monoisotopic (exact) mass is 392 g/mol. The predicted molar refractivity (Wildman–Crippen MR) is 124 cm³/mol. The normalized spacial score (nSPS) is 12.2. The Balaban J connectivity index is 2.34. The zero-order valence-corrected chi connectivity index (χ0v) is 19.7. The third-order valence-corrected chi connectivity index (χ3v) is 8.70. The molecule has 0 saturated heterocycles. The van der Waals surface area contributed by atoms with Gasteiger partial charge in [0.05, 0.1) is 0 Å². The summed E-state index contributed by atoms with van der Waals surface area (Å²) >= 11 is 4.27. The molecular weight excluding hydrogens is 352 g/mol. The summed E-state index contributed by atoms with van der Waals surface area (Å²) in [4.78, 5) is 3.35. The van der Waals surface area contributed by atoms with Gasteiger partial charge >= 0.3 is 0 Å². The molecule has 0 aromatic carbocycles.